The van der Waals surface area contributed by atoms with Crippen molar-refractivity contribution in [1.29, 1.82) is 0 Å². The Morgan fingerprint density at radius 2 is 1.50 bits per heavy atom. The van der Waals surface area contributed by atoms with Crippen LogP contribution in [0.3, 0.4) is 0 Å². The van der Waals surface area contributed by atoms with Gasteiger partial charge in [0.1, 0.15) is 12.1 Å². The lowest BCUT2D eigenvalue weighted by Gasteiger charge is -2.58. The van der Waals surface area contributed by atoms with Crippen molar-refractivity contribution in [3.05, 3.63) is 0 Å². The van der Waals surface area contributed by atoms with Gasteiger partial charge in [-0.1, -0.05) is 0 Å². The van der Waals surface area contributed by atoms with Crippen LogP contribution in [0.5, 0.6) is 0 Å². The van der Waals surface area contributed by atoms with E-state index in [-0.39, 0.29) is 6.10 Å². The third kappa shape index (κ3) is 1.53. The highest BCUT2D eigenvalue weighted by Crippen LogP contribution is 2.61. The monoisotopic (exact) mass is 224 g/mol. The molecular formula is C14H26NO+. The van der Waals surface area contributed by atoms with Gasteiger partial charge in [-0.25, -0.2) is 0 Å². The third-order valence-electron chi connectivity index (χ3n) is 5.74. The van der Waals surface area contributed by atoms with Crippen LogP contribution in [0.15, 0.2) is 0 Å². The number of aliphatic hydroxyl groups is 1. The predicted octanol–water partition coefficient (Wildman–Crippen LogP) is 1.15. The summed E-state index contributed by atoms with van der Waals surface area (Å²) in [7, 11) is 2.09. The molecule has 16 heavy (non-hydrogen) atoms. The first kappa shape index (κ1) is 11.0. The van der Waals surface area contributed by atoms with Crippen molar-refractivity contribution in [2.45, 2.75) is 57.6 Å². The van der Waals surface area contributed by atoms with Gasteiger partial charge in [-0.05, 0) is 63.2 Å². The number of aliphatic hydroxyl groups excluding tert-OH is 1. The van der Waals surface area contributed by atoms with Crippen LogP contribution < -0.4 is 5.32 Å². The van der Waals surface area contributed by atoms with E-state index in [2.05, 4.69) is 19.3 Å². The summed E-state index contributed by atoms with van der Waals surface area (Å²) in [5, 5.41) is 12.8. The van der Waals surface area contributed by atoms with Crippen molar-refractivity contribution >= 4 is 0 Å². The number of hydrogen-bond donors (Lipinski definition) is 2. The third-order valence-corrected chi connectivity index (χ3v) is 5.74. The molecule has 2 atom stereocenters. The van der Waals surface area contributed by atoms with Gasteiger partial charge in [0.25, 0.3) is 0 Å². The molecule has 4 aliphatic carbocycles. The molecule has 2 heteroatoms. The maximum Gasteiger partial charge on any atom is 0.111 e. The van der Waals surface area contributed by atoms with Gasteiger partial charge < -0.3 is 10.4 Å². The fraction of sp³-hybridized carbons (Fsp3) is 1.00. The van der Waals surface area contributed by atoms with E-state index in [1.54, 1.807) is 0 Å². The summed E-state index contributed by atoms with van der Waals surface area (Å²) in [6, 6.07) is 0.372. The van der Waals surface area contributed by atoms with Crippen LogP contribution >= 0.6 is 0 Å². The van der Waals surface area contributed by atoms with Gasteiger partial charge >= 0.3 is 0 Å². The fourth-order valence-corrected chi connectivity index (χ4v) is 5.28. The first-order valence-corrected chi connectivity index (χ1v) is 7.10. The Bertz CT molecular complexity index is 241. The molecule has 2 nitrogen and oxygen atoms in total. The smallest absolute Gasteiger partial charge is 0.111 e. The number of likely N-dealkylation sites (N-methyl/N-ethyl adjacent to an activating group) is 1. The van der Waals surface area contributed by atoms with Gasteiger partial charge in [-0.15, -0.1) is 0 Å². The molecule has 0 spiro atoms. The average Bonchev–Trinajstić information content (AvgIpc) is 2.25. The lowest BCUT2D eigenvalue weighted by Crippen LogP contribution is -2.89. The minimum Gasteiger partial charge on any atom is -0.386 e. The van der Waals surface area contributed by atoms with E-state index in [9.17, 15) is 5.11 Å². The minimum atomic E-state index is -0.0779. The molecule has 0 amide bonds. The number of quaternary nitrogens is 1. The maximum atomic E-state index is 10.7. The zero-order chi connectivity index (χ0) is 11.3. The van der Waals surface area contributed by atoms with E-state index in [0.717, 1.165) is 17.8 Å². The lowest BCUT2D eigenvalue weighted by molar-refractivity contribution is -0.671. The van der Waals surface area contributed by atoms with Gasteiger partial charge in [0, 0.05) is 5.41 Å². The molecule has 3 N–H and O–H groups in total. The van der Waals surface area contributed by atoms with E-state index in [1.807, 2.05) is 0 Å². The molecule has 0 heterocycles. The van der Waals surface area contributed by atoms with Crippen molar-refractivity contribution in [3.63, 3.8) is 0 Å². The molecule has 0 radical (unpaired) electrons. The Labute approximate surface area is 98.8 Å². The molecule has 0 aromatic heterocycles. The summed E-state index contributed by atoms with van der Waals surface area (Å²) in [5.41, 5.74) is 0.306. The molecule has 0 aromatic carbocycles. The van der Waals surface area contributed by atoms with Gasteiger partial charge in [0.05, 0.1) is 7.05 Å². The first-order valence-electron chi connectivity index (χ1n) is 7.10. The van der Waals surface area contributed by atoms with E-state index in [4.69, 9.17) is 0 Å². The molecule has 4 saturated carbocycles. The molecular weight excluding hydrogens is 198 g/mol. The van der Waals surface area contributed by atoms with Crippen molar-refractivity contribution in [2.75, 3.05) is 7.05 Å². The predicted molar refractivity (Wildman–Crippen MR) is 63.9 cm³/mol. The zero-order valence-corrected chi connectivity index (χ0v) is 10.7. The number of rotatable bonds is 3. The van der Waals surface area contributed by atoms with Crippen LogP contribution in [0, 0.1) is 23.2 Å². The topological polar surface area (TPSA) is 36.8 Å². The molecule has 0 aromatic rings. The highest BCUT2D eigenvalue weighted by molar-refractivity contribution is 5.05. The Morgan fingerprint density at radius 3 is 1.88 bits per heavy atom. The number of nitrogens with two attached hydrogens (primary N) is 1. The highest BCUT2D eigenvalue weighted by Gasteiger charge is 2.55. The van der Waals surface area contributed by atoms with Gasteiger partial charge in [-0.2, -0.15) is 0 Å². The molecule has 4 fully saturated rings. The Kier molecular flexibility index (Phi) is 2.56. The van der Waals surface area contributed by atoms with Crippen molar-refractivity contribution in [2.24, 2.45) is 23.2 Å². The van der Waals surface area contributed by atoms with E-state index >= 15 is 0 Å². The van der Waals surface area contributed by atoms with Gasteiger partial charge in [0.15, 0.2) is 0 Å². The molecule has 92 valence electrons. The first-order chi connectivity index (χ1) is 7.63. The van der Waals surface area contributed by atoms with E-state index in [1.165, 1.54) is 38.5 Å². The SMILES string of the molecule is C[NH2+][C@H](C)[C@H](O)C12CC3CC(CC(C3)C1)C2. The second kappa shape index (κ2) is 3.71. The normalized spacial score (nSPS) is 49.3. The summed E-state index contributed by atoms with van der Waals surface area (Å²) < 4.78 is 0. The Hall–Kier alpha value is -0.0800. The van der Waals surface area contributed by atoms with Crippen LogP contribution in [0.4, 0.5) is 0 Å². The minimum absolute atomic E-state index is 0.0779. The maximum absolute atomic E-state index is 10.7. The summed E-state index contributed by atoms with van der Waals surface area (Å²) in [4.78, 5) is 0. The fourth-order valence-electron chi connectivity index (χ4n) is 5.28. The summed E-state index contributed by atoms with van der Waals surface area (Å²) in [6.07, 6.45) is 8.28. The summed E-state index contributed by atoms with van der Waals surface area (Å²) in [5.74, 6) is 2.85. The molecule has 0 unspecified atom stereocenters. The summed E-state index contributed by atoms with van der Waals surface area (Å²) in [6.45, 7) is 2.18. The molecule has 0 aliphatic heterocycles. The van der Waals surface area contributed by atoms with Crippen LogP contribution in [0.25, 0.3) is 0 Å². The van der Waals surface area contributed by atoms with E-state index < -0.39 is 0 Å². The van der Waals surface area contributed by atoms with Crippen LogP contribution in [0.1, 0.15) is 45.4 Å². The van der Waals surface area contributed by atoms with Gasteiger partial charge in [-0.3, -0.25) is 0 Å². The highest BCUT2D eigenvalue weighted by atomic mass is 16.3. The molecule has 4 rings (SSSR count). The molecule has 0 saturated heterocycles. The van der Waals surface area contributed by atoms with Crippen molar-refractivity contribution in [3.8, 4) is 0 Å². The van der Waals surface area contributed by atoms with Crippen LogP contribution in [-0.2, 0) is 0 Å². The van der Waals surface area contributed by atoms with Crippen molar-refractivity contribution in [1.82, 2.24) is 0 Å². The van der Waals surface area contributed by atoms with Crippen LogP contribution in [-0.4, -0.2) is 24.3 Å². The zero-order valence-electron chi connectivity index (χ0n) is 10.7. The number of hydrogen-bond acceptors (Lipinski definition) is 1. The Balaban J connectivity index is 1.82. The second-order valence-corrected chi connectivity index (χ2v) is 6.92. The van der Waals surface area contributed by atoms with Crippen LogP contribution in [0.2, 0.25) is 0 Å². The second-order valence-electron chi connectivity index (χ2n) is 6.92. The largest absolute Gasteiger partial charge is 0.386 e. The molecule has 4 aliphatic rings. The van der Waals surface area contributed by atoms with E-state index in [0.29, 0.717) is 11.5 Å². The average molecular weight is 224 g/mol. The molecule has 4 bridgehead atoms. The van der Waals surface area contributed by atoms with Gasteiger partial charge in [0.2, 0.25) is 0 Å². The Morgan fingerprint density at radius 1 is 1.06 bits per heavy atom. The standard InChI is InChI=1S/C14H25NO/c1-9(15-2)13(16)14-6-10-3-11(7-14)5-12(4-10)8-14/h9-13,15-16H,3-8H2,1-2H3/p+1/t9-,10?,11?,12?,13+,14?/m1/s1. The quantitative estimate of drug-likeness (QED) is 0.741. The van der Waals surface area contributed by atoms with Crippen molar-refractivity contribution < 1.29 is 10.4 Å². The summed E-state index contributed by atoms with van der Waals surface area (Å²) >= 11 is 0. The lowest BCUT2D eigenvalue weighted by atomic mass is 9.47.